The van der Waals surface area contributed by atoms with E-state index < -0.39 is 0 Å². The molecule has 0 aromatic carbocycles. The zero-order valence-electron chi connectivity index (χ0n) is 6.20. The minimum Gasteiger partial charge on any atom is -0.302 e. The first kappa shape index (κ1) is 8.02. The first-order valence-corrected chi connectivity index (χ1v) is 4.15. The number of aromatic nitrogens is 1. The van der Waals surface area contributed by atoms with Crippen LogP contribution in [0.2, 0.25) is 0 Å². The molecule has 1 aromatic rings. The molecule has 4 heteroatoms. The van der Waals surface area contributed by atoms with Gasteiger partial charge in [0.15, 0.2) is 0 Å². The van der Waals surface area contributed by atoms with Crippen molar-refractivity contribution in [3.63, 3.8) is 0 Å². The predicted octanol–water partition coefficient (Wildman–Crippen LogP) is 1.13. The van der Waals surface area contributed by atoms with Crippen LogP contribution in [-0.2, 0) is 6.54 Å². The predicted molar refractivity (Wildman–Crippen MR) is 43.5 cm³/mol. The minimum atomic E-state index is 0.0257. The number of thiazole rings is 1. The molecule has 0 radical (unpaired) electrons. The lowest BCUT2D eigenvalue weighted by Gasteiger charge is -1.97. The van der Waals surface area contributed by atoms with Crippen LogP contribution in [0.5, 0.6) is 0 Å². The average molecular weight is 168 g/mol. The summed E-state index contributed by atoms with van der Waals surface area (Å²) in [4.78, 5) is 11.0. The fourth-order valence-corrected chi connectivity index (χ4v) is 1.60. The Morgan fingerprint density at radius 2 is 2.55 bits per heavy atom. The van der Waals surface area contributed by atoms with E-state index in [4.69, 9.17) is 5.26 Å². The summed E-state index contributed by atoms with van der Waals surface area (Å²) in [5.74, 6) is 0. The van der Waals surface area contributed by atoms with Crippen LogP contribution in [0.4, 0.5) is 0 Å². The standard InChI is InChI=1S/C7H8N2OS/c1-6-5-11-7(10)9(6)4-2-3-8/h5H,2,4H2,1H3. The van der Waals surface area contributed by atoms with E-state index in [9.17, 15) is 4.79 Å². The number of aryl methyl sites for hydroxylation is 1. The topological polar surface area (TPSA) is 45.8 Å². The molecule has 0 saturated heterocycles. The number of nitriles is 1. The number of nitrogens with zero attached hydrogens (tertiary/aromatic N) is 2. The van der Waals surface area contributed by atoms with Gasteiger partial charge in [-0.3, -0.25) is 4.79 Å². The maximum atomic E-state index is 11.0. The third-order valence-corrected chi connectivity index (χ3v) is 2.30. The summed E-state index contributed by atoms with van der Waals surface area (Å²) in [5, 5.41) is 10.1. The van der Waals surface area contributed by atoms with Crippen LogP contribution in [0.25, 0.3) is 0 Å². The molecule has 11 heavy (non-hydrogen) atoms. The van der Waals surface area contributed by atoms with Crippen molar-refractivity contribution in [1.82, 2.24) is 4.57 Å². The Morgan fingerprint density at radius 1 is 1.82 bits per heavy atom. The second kappa shape index (κ2) is 3.35. The Morgan fingerprint density at radius 3 is 3.00 bits per heavy atom. The molecule has 0 aliphatic carbocycles. The van der Waals surface area contributed by atoms with Crippen molar-refractivity contribution in [3.05, 3.63) is 20.7 Å². The SMILES string of the molecule is Cc1csc(=O)n1CCC#N. The Kier molecular flexibility index (Phi) is 2.44. The Labute approximate surface area is 68.5 Å². The van der Waals surface area contributed by atoms with Crippen molar-refractivity contribution >= 4 is 11.3 Å². The number of rotatable bonds is 2. The van der Waals surface area contributed by atoms with E-state index in [1.54, 1.807) is 9.95 Å². The zero-order valence-corrected chi connectivity index (χ0v) is 7.02. The molecular weight excluding hydrogens is 160 g/mol. The molecule has 0 amide bonds. The molecule has 0 atom stereocenters. The van der Waals surface area contributed by atoms with Gasteiger partial charge in [-0.05, 0) is 6.92 Å². The molecule has 0 unspecified atom stereocenters. The van der Waals surface area contributed by atoms with Crippen molar-refractivity contribution in [1.29, 1.82) is 5.26 Å². The van der Waals surface area contributed by atoms with Gasteiger partial charge < -0.3 is 4.57 Å². The summed E-state index contributed by atoms with van der Waals surface area (Å²) >= 11 is 1.18. The molecule has 1 rings (SSSR count). The van der Waals surface area contributed by atoms with E-state index in [1.165, 1.54) is 11.3 Å². The fraction of sp³-hybridized carbons (Fsp3) is 0.429. The molecule has 3 nitrogen and oxygen atoms in total. The summed E-state index contributed by atoms with van der Waals surface area (Å²) in [6.07, 6.45) is 0.400. The second-order valence-electron chi connectivity index (χ2n) is 2.20. The van der Waals surface area contributed by atoms with E-state index in [1.807, 2.05) is 13.0 Å². The van der Waals surface area contributed by atoms with Crippen LogP contribution in [-0.4, -0.2) is 4.57 Å². The van der Waals surface area contributed by atoms with Gasteiger partial charge in [0.1, 0.15) is 0 Å². The minimum absolute atomic E-state index is 0.0257. The van der Waals surface area contributed by atoms with Crippen molar-refractivity contribution in [3.8, 4) is 6.07 Å². The highest BCUT2D eigenvalue weighted by atomic mass is 32.1. The molecular formula is C7H8N2OS. The van der Waals surface area contributed by atoms with Gasteiger partial charge in [-0.2, -0.15) is 5.26 Å². The molecule has 0 bridgehead atoms. The molecule has 58 valence electrons. The van der Waals surface area contributed by atoms with E-state index in [0.717, 1.165) is 5.69 Å². The number of hydrogen-bond acceptors (Lipinski definition) is 3. The molecule has 0 fully saturated rings. The first-order chi connectivity index (χ1) is 5.25. The highest BCUT2D eigenvalue weighted by Crippen LogP contribution is 1.99. The largest absolute Gasteiger partial charge is 0.307 e. The van der Waals surface area contributed by atoms with Crippen molar-refractivity contribution in [2.75, 3.05) is 0 Å². The smallest absolute Gasteiger partial charge is 0.302 e. The van der Waals surface area contributed by atoms with Gasteiger partial charge in [-0.1, -0.05) is 11.3 Å². The van der Waals surface area contributed by atoms with Gasteiger partial charge in [-0.25, -0.2) is 0 Å². The summed E-state index contributed by atoms with van der Waals surface area (Å²) in [5.41, 5.74) is 0.940. The van der Waals surface area contributed by atoms with Gasteiger partial charge in [-0.15, -0.1) is 0 Å². The molecule has 0 spiro atoms. The maximum absolute atomic E-state index is 11.0. The highest BCUT2D eigenvalue weighted by molar-refractivity contribution is 7.07. The van der Waals surface area contributed by atoms with Gasteiger partial charge in [0.2, 0.25) is 0 Å². The summed E-state index contributed by atoms with van der Waals surface area (Å²) in [7, 11) is 0. The summed E-state index contributed by atoms with van der Waals surface area (Å²) < 4.78 is 1.62. The quantitative estimate of drug-likeness (QED) is 0.664. The lowest BCUT2D eigenvalue weighted by atomic mass is 10.4. The first-order valence-electron chi connectivity index (χ1n) is 3.27. The lowest BCUT2D eigenvalue weighted by Crippen LogP contribution is -2.13. The third kappa shape index (κ3) is 1.69. The highest BCUT2D eigenvalue weighted by Gasteiger charge is 1.99. The van der Waals surface area contributed by atoms with Gasteiger partial charge >= 0.3 is 4.87 Å². The molecule has 0 aliphatic rings. The number of hydrogen-bond donors (Lipinski definition) is 0. The summed E-state index contributed by atoms with van der Waals surface area (Å²) in [6, 6.07) is 2.01. The van der Waals surface area contributed by atoms with Crippen LogP contribution in [0.1, 0.15) is 12.1 Å². The second-order valence-corrected chi connectivity index (χ2v) is 3.02. The molecule has 0 aliphatic heterocycles. The third-order valence-electron chi connectivity index (χ3n) is 1.42. The van der Waals surface area contributed by atoms with E-state index in [-0.39, 0.29) is 4.87 Å². The van der Waals surface area contributed by atoms with Crippen molar-refractivity contribution in [2.45, 2.75) is 19.9 Å². The van der Waals surface area contributed by atoms with E-state index in [2.05, 4.69) is 0 Å². The lowest BCUT2D eigenvalue weighted by molar-refractivity contribution is 0.683. The summed E-state index contributed by atoms with van der Waals surface area (Å²) in [6.45, 7) is 2.39. The Bertz CT molecular complexity index is 331. The van der Waals surface area contributed by atoms with Gasteiger partial charge in [0.25, 0.3) is 0 Å². The molecule has 0 N–H and O–H groups in total. The normalized spacial score (nSPS) is 9.45. The van der Waals surface area contributed by atoms with Gasteiger partial charge in [0, 0.05) is 17.6 Å². The molecule has 1 heterocycles. The fourth-order valence-electron chi connectivity index (χ4n) is 0.836. The van der Waals surface area contributed by atoms with Crippen LogP contribution >= 0.6 is 11.3 Å². The van der Waals surface area contributed by atoms with Crippen molar-refractivity contribution in [2.24, 2.45) is 0 Å². The Hall–Kier alpha value is -1.08. The average Bonchev–Trinajstić information content (AvgIpc) is 2.29. The maximum Gasteiger partial charge on any atom is 0.307 e. The van der Waals surface area contributed by atoms with Crippen molar-refractivity contribution < 1.29 is 0 Å². The molecule has 1 aromatic heterocycles. The zero-order chi connectivity index (χ0) is 8.27. The van der Waals surface area contributed by atoms with Gasteiger partial charge in [0.05, 0.1) is 12.5 Å². The van der Waals surface area contributed by atoms with E-state index >= 15 is 0 Å². The van der Waals surface area contributed by atoms with Crippen LogP contribution in [0.3, 0.4) is 0 Å². The Balaban J connectivity index is 2.86. The van der Waals surface area contributed by atoms with E-state index in [0.29, 0.717) is 13.0 Å². The van der Waals surface area contributed by atoms with Crippen LogP contribution in [0, 0.1) is 18.3 Å². The van der Waals surface area contributed by atoms with Crippen LogP contribution < -0.4 is 4.87 Å². The monoisotopic (exact) mass is 168 g/mol. The molecule has 0 saturated carbocycles. The van der Waals surface area contributed by atoms with Crippen LogP contribution in [0.15, 0.2) is 10.2 Å².